The molecule has 158 valence electrons. The molecular weight excluding hydrogens is 404 g/mol. The van der Waals surface area contributed by atoms with E-state index >= 15 is 0 Å². The molecule has 10 heteroatoms. The molecule has 2 aliphatic rings. The summed E-state index contributed by atoms with van der Waals surface area (Å²) >= 11 is 0. The number of nitrogens with zero attached hydrogens (tertiary/aromatic N) is 7. The second-order valence-electron chi connectivity index (χ2n) is 7.64. The Balaban J connectivity index is 0.00000218. The zero-order chi connectivity index (χ0) is 19.8. The maximum atomic E-state index is 13.1. The second kappa shape index (κ2) is 8.53. The minimum Gasteiger partial charge on any atom is -0.337 e. The molecule has 30 heavy (non-hydrogen) atoms. The number of halogens is 1. The van der Waals surface area contributed by atoms with Crippen LogP contribution in [0.2, 0.25) is 0 Å². The van der Waals surface area contributed by atoms with E-state index in [1.807, 2.05) is 42.2 Å². The summed E-state index contributed by atoms with van der Waals surface area (Å²) in [6.07, 6.45) is 1.78. The van der Waals surface area contributed by atoms with Gasteiger partial charge in [0.05, 0.1) is 17.9 Å². The molecule has 4 heterocycles. The van der Waals surface area contributed by atoms with E-state index in [2.05, 4.69) is 30.4 Å². The SMILES string of the molecule is Cc1c(C(=O)N2CCC(c3nnc4n3CCNC4)CC2)nnn1-c1ccccc1.Cl. The van der Waals surface area contributed by atoms with Crippen molar-refractivity contribution < 1.29 is 4.79 Å². The Bertz CT molecular complexity index is 1020. The molecule has 3 aromatic rings. The van der Waals surface area contributed by atoms with Crippen LogP contribution in [0.4, 0.5) is 0 Å². The highest BCUT2D eigenvalue weighted by molar-refractivity contribution is 5.93. The van der Waals surface area contributed by atoms with Crippen LogP contribution in [0, 0.1) is 6.92 Å². The predicted molar refractivity (Wildman–Crippen MR) is 113 cm³/mol. The van der Waals surface area contributed by atoms with Crippen molar-refractivity contribution in [2.45, 2.75) is 38.8 Å². The van der Waals surface area contributed by atoms with Crippen molar-refractivity contribution >= 4 is 18.3 Å². The van der Waals surface area contributed by atoms with Crippen LogP contribution in [-0.4, -0.2) is 60.2 Å². The average Bonchev–Trinajstić information content (AvgIpc) is 3.38. The number of benzene rings is 1. The largest absolute Gasteiger partial charge is 0.337 e. The minimum absolute atomic E-state index is 0. The van der Waals surface area contributed by atoms with Crippen molar-refractivity contribution in [2.24, 2.45) is 0 Å². The summed E-state index contributed by atoms with van der Waals surface area (Å²) in [6.45, 7) is 5.93. The lowest BCUT2D eigenvalue weighted by Gasteiger charge is -2.31. The Kier molecular flexibility index (Phi) is 5.83. The van der Waals surface area contributed by atoms with Crippen LogP contribution >= 0.6 is 12.4 Å². The number of nitrogens with one attached hydrogen (secondary N) is 1. The van der Waals surface area contributed by atoms with Crippen LogP contribution in [0.5, 0.6) is 0 Å². The normalized spacial score (nSPS) is 16.8. The molecule has 0 atom stereocenters. The smallest absolute Gasteiger partial charge is 0.276 e. The Morgan fingerprint density at radius 2 is 1.83 bits per heavy atom. The molecule has 2 aliphatic heterocycles. The van der Waals surface area contributed by atoms with Gasteiger partial charge in [0.2, 0.25) is 0 Å². The van der Waals surface area contributed by atoms with Gasteiger partial charge in [-0.25, -0.2) is 4.68 Å². The van der Waals surface area contributed by atoms with Gasteiger partial charge in [0.25, 0.3) is 5.91 Å². The number of aromatic nitrogens is 6. The standard InChI is InChI=1S/C20H24N8O.ClH/c1-14-18(23-25-28(14)16-5-3-2-4-6-16)20(29)26-10-7-15(8-11-26)19-24-22-17-13-21-9-12-27(17)19;/h2-6,15,21H,7-13H2,1H3;1H. The monoisotopic (exact) mass is 428 g/mol. The van der Waals surface area contributed by atoms with Gasteiger partial charge in [-0.15, -0.1) is 27.7 Å². The van der Waals surface area contributed by atoms with Crippen LogP contribution in [0.1, 0.15) is 46.6 Å². The number of rotatable bonds is 3. The van der Waals surface area contributed by atoms with E-state index in [0.717, 1.165) is 55.5 Å². The molecule has 0 saturated carbocycles. The number of carbonyl (C=O) groups is 1. The van der Waals surface area contributed by atoms with Crippen molar-refractivity contribution in [3.05, 3.63) is 53.4 Å². The molecule has 1 saturated heterocycles. The quantitative estimate of drug-likeness (QED) is 0.682. The number of hydrogen-bond acceptors (Lipinski definition) is 6. The highest BCUT2D eigenvalue weighted by atomic mass is 35.5. The number of carbonyl (C=O) groups excluding carboxylic acids is 1. The Hall–Kier alpha value is -2.78. The highest BCUT2D eigenvalue weighted by Gasteiger charge is 2.31. The van der Waals surface area contributed by atoms with Gasteiger partial charge in [0, 0.05) is 32.1 Å². The maximum absolute atomic E-state index is 13.1. The van der Waals surface area contributed by atoms with Crippen molar-refractivity contribution in [1.82, 2.24) is 40.0 Å². The molecule has 0 radical (unpaired) electrons. The molecule has 1 aromatic carbocycles. The first kappa shape index (κ1) is 20.5. The van der Waals surface area contributed by atoms with Crippen molar-refractivity contribution in [2.75, 3.05) is 19.6 Å². The summed E-state index contributed by atoms with van der Waals surface area (Å²) < 4.78 is 3.96. The minimum atomic E-state index is -0.0457. The molecular formula is C20H25ClN8O. The Morgan fingerprint density at radius 3 is 2.60 bits per heavy atom. The summed E-state index contributed by atoms with van der Waals surface area (Å²) in [6, 6.07) is 9.76. The molecule has 0 bridgehead atoms. The van der Waals surface area contributed by atoms with Crippen LogP contribution in [0.25, 0.3) is 5.69 Å². The molecule has 0 unspecified atom stereocenters. The molecule has 5 rings (SSSR count). The Labute approximate surface area is 180 Å². The van der Waals surface area contributed by atoms with Gasteiger partial charge in [0.1, 0.15) is 11.6 Å². The summed E-state index contributed by atoms with van der Waals surface area (Å²) in [7, 11) is 0. The van der Waals surface area contributed by atoms with E-state index in [4.69, 9.17) is 0 Å². The third-order valence-corrected chi connectivity index (χ3v) is 5.90. The lowest BCUT2D eigenvalue weighted by Crippen LogP contribution is -2.39. The molecule has 0 aliphatic carbocycles. The average molecular weight is 429 g/mol. The van der Waals surface area contributed by atoms with Crippen LogP contribution in [0.15, 0.2) is 30.3 Å². The van der Waals surface area contributed by atoms with Gasteiger partial charge in [-0.1, -0.05) is 23.4 Å². The van der Waals surface area contributed by atoms with Crippen LogP contribution in [-0.2, 0) is 13.1 Å². The highest BCUT2D eigenvalue weighted by Crippen LogP contribution is 2.28. The summed E-state index contributed by atoms with van der Waals surface area (Å²) in [5.41, 5.74) is 2.10. The predicted octanol–water partition coefficient (Wildman–Crippen LogP) is 1.71. The first-order valence-electron chi connectivity index (χ1n) is 10.1. The fourth-order valence-electron chi connectivity index (χ4n) is 4.25. The number of para-hydroxylation sites is 1. The number of amides is 1. The van der Waals surface area contributed by atoms with Gasteiger partial charge < -0.3 is 14.8 Å². The fourth-order valence-corrected chi connectivity index (χ4v) is 4.25. The van der Waals surface area contributed by atoms with Gasteiger partial charge in [0.15, 0.2) is 5.69 Å². The van der Waals surface area contributed by atoms with Crippen molar-refractivity contribution in [3.8, 4) is 5.69 Å². The zero-order valence-electron chi connectivity index (χ0n) is 16.9. The van der Waals surface area contributed by atoms with Gasteiger partial charge >= 0.3 is 0 Å². The summed E-state index contributed by atoms with van der Waals surface area (Å²) in [4.78, 5) is 14.9. The van der Waals surface area contributed by atoms with E-state index in [0.29, 0.717) is 24.7 Å². The topological polar surface area (TPSA) is 93.8 Å². The molecule has 1 fully saturated rings. The van der Waals surface area contributed by atoms with E-state index in [9.17, 15) is 4.79 Å². The first-order valence-corrected chi connectivity index (χ1v) is 10.1. The van der Waals surface area contributed by atoms with Crippen LogP contribution < -0.4 is 5.32 Å². The van der Waals surface area contributed by atoms with E-state index in [1.165, 1.54) is 0 Å². The molecule has 1 N–H and O–H groups in total. The van der Waals surface area contributed by atoms with Crippen molar-refractivity contribution in [3.63, 3.8) is 0 Å². The maximum Gasteiger partial charge on any atom is 0.276 e. The van der Waals surface area contributed by atoms with E-state index < -0.39 is 0 Å². The first-order chi connectivity index (χ1) is 14.2. The molecule has 0 spiro atoms. The third-order valence-electron chi connectivity index (χ3n) is 5.90. The lowest BCUT2D eigenvalue weighted by atomic mass is 9.95. The molecule has 9 nitrogen and oxygen atoms in total. The van der Waals surface area contributed by atoms with Gasteiger partial charge in [-0.2, -0.15) is 0 Å². The fraction of sp³-hybridized carbons (Fsp3) is 0.450. The zero-order valence-corrected chi connectivity index (χ0v) is 17.7. The van der Waals surface area contributed by atoms with Gasteiger partial charge in [-0.3, -0.25) is 4.79 Å². The van der Waals surface area contributed by atoms with Crippen molar-refractivity contribution in [1.29, 1.82) is 0 Å². The van der Waals surface area contributed by atoms with E-state index in [-0.39, 0.29) is 18.3 Å². The number of fused-ring (bicyclic) bond motifs is 1. The number of hydrogen-bond donors (Lipinski definition) is 1. The lowest BCUT2D eigenvalue weighted by molar-refractivity contribution is 0.0703. The molecule has 1 amide bonds. The van der Waals surface area contributed by atoms with Crippen LogP contribution in [0.3, 0.4) is 0 Å². The molecule has 2 aromatic heterocycles. The Morgan fingerprint density at radius 1 is 1.07 bits per heavy atom. The summed E-state index contributed by atoms with van der Waals surface area (Å²) in [5, 5.41) is 20.5. The summed E-state index contributed by atoms with van der Waals surface area (Å²) in [5.74, 6) is 2.38. The second-order valence-corrected chi connectivity index (χ2v) is 7.64. The number of likely N-dealkylation sites (tertiary alicyclic amines) is 1. The van der Waals surface area contributed by atoms with Gasteiger partial charge in [-0.05, 0) is 31.9 Å². The number of piperidine rings is 1. The third kappa shape index (κ3) is 3.59. The van der Waals surface area contributed by atoms with E-state index in [1.54, 1.807) is 4.68 Å².